The topological polar surface area (TPSA) is 444 Å². The molecule has 2 heterocycles. The van der Waals surface area contributed by atoms with Crippen molar-refractivity contribution in [3.05, 3.63) is 102 Å². The van der Waals surface area contributed by atoms with Crippen molar-refractivity contribution < 1.29 is 72.6 Å². The third kappa shape index (κ3) is 23.8. The van der Waals surface area contributed by atoms with Crippen LogP contribution in [-0.2, 0) is 71.8 Å². The lowest BCUT2D eigenvalue weighted by molar-refractivity contribution is -0.165. The number of rotatable bonds is 23. The summed E-state index contributed by atoms with van der Waals surface area (Å²) in [7, 11) is 0. The largest absolute Gasteiger partial charge is 0.480 e. The van der Waals surface area contributed by atoms with Crippen molar-refractivity contribution in [3.8, 4) is 5.75 Å². The van der Waals surface area contributed by atoms with E-state index in [-0.39, 0.29) is 18.4 Å². The average molecular weight is 1080 g/mol. The number of benzene rings is 3. The number of H-pyrrole nitrogens is 1. The highest BCUT2D eigenvalue weighted by Crippen LogP contribution is 2.19. The van der Waals surface area contributed by atoms with Crippen LogP contribution in [0.15, 0.2) is 85.1 Å². The van der Waals surface area contributed by atoms with Crippen LogP contribution >= 0.6 is 11.8 Å². The van der Waals surface area contributed by atoms with Crippen LogP contribution in [0.1, 0.15) is 56.7 Å². The van der Waals surface area contributed by atoms with E-state index in [2.05, 4.69) is 10.3 Å². The zero-order valence-corrected chi connectivity index (χ0v) is 43.7. The number of carbonyl (C=O) groups excluding carboxylic acids is 5. The molecule has 1 aliphatic rings. The molecule has 418 valence electrons. The fourth-order valence-corrected chi connectivity index (χ4v) is 6.94. The molecule has 0 bridgehead atoms. The molecule has 0 saturated carbocycles. The maximum absolute atomic E-state index is 12.4. The van der Waals surface area contributed by atoms with Gasteiger partial charge < -0.3 is 84.7 Å². The van der Waals surface area contributed by atoms with Crippen LogP contribution in [0, 0.1) is 5.92 Å². The quantitative estimate of drug-likeness (QED) is 0.0206. The normalized spacial score (nSPS) is 15.9. The second-order valence-electron chi connectivity index (χ2n) is 17.8. The van der Waals surface area contributed by atoms with Crippen LogP contribution in [0.3, 0.4) is 0 Å². The molecule has 0 unspecified atom stereocenters. The molecule has 1 fully saturated rings. The summed E-state index contributed by atoms with van der Waals surface area (Å²) in [5, 5.41) is 29.3. The molecule has 0 radical (unpaired) electrons. The highest BCUT2D eigenvalue weighted by atomic mass is 32.2. The number of esters is 5. The third-order valence-corrected chi connectivity index (χ3v) is 11.9. The van der Waals surface area contributed by atoms with E-state index in [4.69, 9.17) is 74.4 Å². The summed E-state index contributed by atoms with van der Waals surface area (Å²) in [4.78, 5) is 94.2. The fourth-order valence-electron chi connectivity index (χ4n) is 6.45. The Kier molecular flexibility index (Phi) is 29.2. The van der Waals surface area contributed by atoms with Gasteiger partial charge in [0.2, 0.25) is 0 Å². The molecule has 1 aromatic heterocycles. The first-order valence-corrected chi connectivity index (χ1v) is 25.5. The summed E-state index contributed by atoms with van der Waals surface area (Å²) in [6.07, 6.45) is 5.48. The lowest BCUT2D eigenvalue weighted by Gasteiger charge is -2.21. The van der Waals surface area contributed by atoms with Crippen LogP contribution in [-0.4, -0.2) is 148 Å². The number of fused-ring (bicyclic) bond motifs is 1. The summed E-state index contributed by atoms with van der Waals surface area (Å²) in [5.41, 5.74) is 43.0. The number of para-hydroxylation sites is 1. The molecule has 0 amide bonds. The summed E-state index contributed by atoms with van der Waals surface area (Å²) in [6, 6.07) is 16.1. The lowest BCUT2D eigenvalue weighted by Crippen LogP contribution is -2.48. The Morgan fingerprint density at radius 1 is 0.645 bits per heavy atom. The fraction of sp³-hybridized carbons (Fsp3) is 0.451. The molecule has 9 atom stereocenters. The second kappa shape index (κ2) is 34.0. The summed E-state index contributed by atoms with van der Waals surface area (Å²) in [6.45, 7) is 5.48. The van der Waals surface area contributed by atoms with Gasteiger partial charge in [0.15, 0.2) is 0 Å². The van der Waals surface area contributed by atoms with E-state index in [9.17, 15) is 38.4 Å². The molecule has 76 heavy (non-hydrogen) atoms. The van der Waals surface area contributed by atoms with Crippen molar-refractivity contribution in [1.82, 2.24) is 10.3 Å². The molecule has 4 aromatic rings. The Labute approximate surface area is 444 Å². The van der Waals surface area contributed by atoms with E-state index in [0.717, 1.165) is 41.4 Å². The average Bonchev–Trinajstić information content (AvgIpc) is 4.09. The van der Waals surface area contributed by atoms with Crippen LogP contribution in [0.25, 0.3) is 10.9 Å². The van der Waals surface area contributed by atoms with Crippen molar-refractivity contribution in [2.45, 2.75) is 114 Å². The van der Waals surface area contributed by atoms with Gasteiger partial charge in [-0.05, 0) is 98.4 Å². The Morgan fingerprint density at radius 3 is 1.78 bits per heavy atom. The monoisotopic (exact) mass is 1080 g/mol. The van der Waals surface area contributed by atoms with Gasteiger partial charge in [0.05, 0.1) is 0 Å². The zero-order chi connectivity index (χ0) is 57.1. The minimum atomic E-state index is -1.39. The molecule has 0 spiro atoms. The highest BCUT2D eigenvalue weighted by molar-refractivity contribution is 7.98. The number of hydrogen-bond donors (Lipinski definition) is 12. The number of ether oxygens (including phenoxy) is 4. The first-order valence-electron chi connectivity index (χ1n) is 24.1. The van der Waals surface area contributed by atoms with Gasteiger partial charge in [0.25, 0.3) is 0 Å². The standard InChI is InChI=1S/C23H36N4O7S.C14H17N3O4.C9H11NO2.C5H9NO2/c1-12(2)18(26)22(30)33-15-7-5-14(6-8-15)11-17(25)21(29)32-13(3)19(27)23(31)34-20(28)16(24)9-10-35-4;15-10(14(20)21-7-11(16)13(18)19)5-8-6-17-12-4-2-1-3-9(8)12;10-8(9(11)12)6-7-4-2-1-3-5-7;7-5(8)4-2-1-3-6-4/h5-8,12-13,16-19H,9-11,24-27H2,1-4H3;1-4,6,10-11,17H,5,7,15-16H2,(H,18,19);1-5,8H,6,10H2,(H,11,12);4,6H,1-3H2,(H,7,8)/t13-,16+,17+,18+,19+;10-,11-;8-;4-/m1000/s1. The molecule has 5 rings (SSSR count). The number of nitrogens with one attached hydrogen (secondary N) is 2. The molecular weight excluding hydrogens is 1010 g/mol. The molecule has 1 saturated heterocycles. The van der Waals surface area contributed by atoms with Gasteiger partial charge in [-0.1, -0.05) is 74.5 Å². The highest BCUT2D eigenvalue weighted by Gasteiger charge is 2.31. The molecule has 1 aliphatic heterocycles. The smallest absolute Gasteiger partial charge is 0.334 e. The summed E-state index contributed by atoms with van der Waals surface area (Å²) < 4.78 is 19.9. The number of thioether (sulfide) groups is 1. The maximum atomic E-state index is 12.4. The van der Waals surface area contributed by atoms with Gasteiger partial charge in [0.1, 0.15) is 66.8 Å². The van der Waals surface area contributed by atoms with Crippen LogP contribution in [0.4, 0.5) is 0 Å². The van der Waals surface area contributed by atoms with E-state index in [1.807, 2.05) is 74.7 Å². The van der Waals surface area contributed by atoms with Crippen molar-refractivity contribution in [2.75, 3.05) is 25.2 Å². The molecular formula is C51H73N9O15S. The third-order valence-electron chi connectivity index (χ3n) is 11.2. The van der Waals surface area contributed by atoms with Gasteiger partial charge >= 0.3 is 47.8 Å². The van der Waals surface area contributed by atoms with Crippen LogP contribution < -0.4 is 50.2 Å². The maximum Gasteiger partial charge on any atom is 0.334 e. The predicted octanol–water partition coefficient (Wildman–Crippen LogP) is 0.311. The van der Waals surface area contributed by atoms with E-state index < -0.39 is 103 Å². The van der Waals surface area contributed by atoms with Crippen LogP contribution in [0.2, 0.25) is 0 Å². The van der Waals surface area contributed by atoms with Gasteiger partial charge in [-0.3, -0.25) is 24.0 Å². The van der Waals surface area contributed by atoms with E-state index in [0.29, 0.717) is 36.3 Å². The Balaban J connectivity index is 0.000000400. The van der Waals surface area contributed by atoms with Gasteiger partial charge in [-0.25, -0.2) is 14.4 Å². The number of nitrogens with two attached hydrogens (primary N) is 7. The van der Waals surface area contributed by atoms with Crippen molar-refractivity contribution in [2.24, 2.45) is 46.1 Å². The van der Waals surface area contributed by atoms with Crippen LogP contribution in [0.5, 0.6) is 5.75 Å². The SMILES string of the molecule is CSCC[C@H](N)C(=O)OC(=O)[C@@H](N)[C@@H](C)OC(=O)[C@@H](N)Cc1ccc(OC(=O)[C@@H](N)C(C)C)cc1.N[C@@H](COC(=O)[C@@H](N)Cc1c[nH]c2ccccc12)C(=O)O.N[C@@H](Cc1ccccc1)C(=O)O.O=C(O)[C@@H]1CCCN1. The predicted molar refractivity (Wildman–Crippen MR) is 283 cm³/mol. The number of aromatic nitrogens is 1. The number of carbonyl (C=O) groups is 8. The van der Waals surface area contributed by atoms with Crippen molar-refractivity contribution >= 4 is 70.4 Å². The number of hydrogen-bond acceptors (Lipinski definition) is 21. The first kappa shape index (κ1) is 65.3. The zero-order valence-electron chi connectivity index (χ0n) is 42.9. The Hall–Kier alpha value is -6.81. The Bertz CT molecular complexity index is 2480. The molecule has 3 aromatic carbocycles. The van der Waals surface area contributed by atoms with Crippen molar-refractivity contribution in [1.29, 1.82) is 0 Å². The minimum Gasteiger partial charge on any atom is -0.480 e. The number of carboxylic acids is 3. The minimum absolute atomic E-state index is 0.0637. The molecule has 19 N–H and O–H groups in total. The lowest BCUT2D eigenvalue weighted by atomic mass is 10.1. The Morgan fingerprint density at radius 2 is 1.22 bits per heavy atom. The van der Waals surface area contributed by atoms with Gasteiger partial charge in [-0.2, -0.15) is 11.8 Å². The van der Waals surface area contributed by atoms with E-state index >= 15 is 0 Å². The van der Waals surface area contributed by atoms with Gasteiger partial charge in [-0.15, -0.1) is 0 Å². The molecule has 24 nitrogen and oxygen atoms in total. The first-order chi connectivity index (χ1) is 35.9. The summed E-state index contributed by atoms with van der Waals surface area (Å²) in [5.74, 6) is -5.98. The number of aliphatic carboxylic acids is 3. The molecule has 25 heteroatoms. The number of aromatic amines is 1. The molecule has 0 aliphatic carbocycles. The second-order valence-corrected chi connectivity index (χ2v) is 18.8. The summed E-state index contributed by atoms with van der Waals surface area (Å²) >= 11 is 1.50. The van der Waals surface area contributed by atoms with E-state index in [1.54, 1.807) is 30.5 Å². The van der Waals surface area contributed by atoms with E-state index in [1.165, 1.54) is 18.7 Å². The number of carboxylic acid groups (broad SMARTS) is 3. The van der Waals surface area contributed by atoms with Gasteiger partial charge in [0, 0.05) is 23.5 Å². The van der Waals surface area contributed by atoms with Crippen molar-refractivity contribution in [3.63, 3.8) is 0 Å².